The minimum atomic E-state index is -4.29. The van der Waals surface area contributed by atoms with Gasteiger partial charge in [0.05, 0.1) is 5.56 Å². The van der Waals surface area contributed by atoms with Crippen molar-refractivity contribution in [2.45, 2.75) is 52.1 Å². The van der Waals surface area contributed by atoms with Gasteiger partial charge in [0.25, 0.3) is 0 Å². The van der Waals surface area contributed by atoms with E-state index in [4.69, 9.17) is 0 Å². The van der Waals surface area contributed by atoms with Crippen molar-refractivity contribution in [3.8, 4) is 0 Å². The molecule has 172 valence electrons. The SMILES string of the molecule is CCCCCc1cc(CCN2CCN(c3cccc(C(F)(F)F)c3)CC2)ccc1C.Cl. The molecule has 2 nitrogen and oxygen atoms in total. The quantitative estimate of drug-likeness (QED) is 0.418. The molecule has 31 heavy (non-hydrogen) atoms. The summed E-state index contributed by atoms with van der Waals surface area (Å²) in [6.45, 7) is 8.70. The summed E-state index contributed by atoms with van der Waals surface area (Å²) in [4.78, 5) is 4.48. The Balaban J connectivity index is 0.00000341. The first kappa shape index (κ1) is 25.5. The van der Waals surface area contributed by atoms with Gasteiger partial charge in [-0.3, -0.25) is 4.90 Å². The molecule has 2 aromatic carbocycles. The molecular formula is C25H34ClF3N2. The van der Waals surface area contributed by atoms with Gasteiger partial charge >= 0.3 is 6.18 Å². The molecule has 3 rings (SSSR count). The molecule has 1 fully saturated rings. The molecule has 0 spiro atoms. The van der Waals surface area contributed by atoms with Gasteiger partial charge in [0, 0.05) is 38.4 Å². The molecular weight excluding hydrogens is 421 g/mol. The van der Waals surface area contributed by atoms with Gasteiger partial charge in [-0.25, -0.2) is 0 Å². The van der Waals surface area contributed by atoms with Crippen LogP contribution in [0.3, 0.4) is 0 Å². The number of benzene rings is 2. The fraction of sp³-hybridized carbons (Fsp3) is 0.520. The zero-order chi connectivity index (χ0) is 21.6. The predicted octanol–water partition coefficient (Wildman–Crippen LogP) is 6.53. The maximum atomic E-state index is 13.0. The molecule has 0 saturated carbocycles. The molecule has 1 saturated heterocycles. The Labute approximate surface area is 190 Å². The summed E-state index contributed by atoms with van der Waals surface area (Å²) in [5.74, 6) is 0. The van der Waals surface area contributed by atoms with Crippen molar-refractivity contribution >= 4 is 18.1 Å². The molecule has 0 aromatic heterocycles. The summed E-state index contributed by atoms with van der Waals surface area (Å²) in [7, 11) is 0. The second-order valence-corrected chi connectivity index (χ2v) is 8.34. The number of piperazine rings is 1. The second-order valence-electron chi connectivity index (χ2n) is 8.34. The lowest BCUT2D eigenvalue weighted by Gasteiger charge is -2.36. The van der Waals surface area contributed by atoms with Gasteiger partial charge in [0.15, 0.2) is 0 Å². The van der Waals surface area contributed by atoms with Crippen LogP contribution in [0.15, 0.2) is 42.5 Å². The standard InChI is InChI=1S/C25H33F3N2.ClH/c1-3-4-5-7-22-18-21(11-10-20(22)2)12-13-29-14-16-30(17-15-29)24-9-6-8-23(19-24)25(26,27)28;/h6,8-11,18-19H,3-5,7,12-17H2,1-2H3;1H. The average Bonchev–Trinajstić information content (AvgIpc) is 2.74. The maximum Gasteiger partial charge on any atom is 0.416 e. The van der Waals surface area contributed by atoms with E-state index in [0.717, 1.165) is 51.6 Å². The molecule has 0 unspecified atom stereocenters. The Kier molecular flexibility index (Phi) is 9.70. The lowest BCUT2D eigenvalue weighted by Crippen LogP contribution is -2.47. The van der Waals surface area contributed by atoms with Crippen molar-refractivity contribution in [1.29, 1.82) is 0 Å². The smallest absolute Gasteiger partial charge is 0.369 e. The van der Waals surface area contributed by atoms with E-state index in [0.29, 0.717) is 5.69 Å². The first-order valence-electron chi connectivity index (χ1n) is 11.1. The summed E-state index contributed by atoms with van der Waals surface area (Å²) in [6, 6.07) is 12.5. The highest BCUT2D eigenvalue weighted by Gasteiger charge is 2.31. The molecule has 0 amide bonds. The van der Waals surface area contributed by atoms with Crippen molar-refractivity contribution < 1.29 is 13.2 Å². The Morgan fingerprint density at radius 2 is 1.65 bits per heavy atom. The number of alkyl halides is 3. The predicted molar refractivity (Wildman–Crippen MR) is 125 cm³/mol. The minimum absolute atomic E-state index is 0. The van der Waals surface area contributed by atoms with Crippen LogP contribution < -0.4 is 4.90 Å². The Bertz CT molecular complexity index is 815. The summed E-state index contributed by atoms with van der Waals surface area (Å²) in [5, 5.41) is 0. The first-order chi connectivity index (χ1) is 14.4. The molecule has 6 heteroatoms. The molecule has 0 bridgehead atoms. The molecule has 1 aliphatic rings. The highest BCUT2D eigenvalue weighted by molar-refractivity contribution is 5.85. The largest absolute Gasteiger partial charge is 0.416 e. The van der Waals surface area contributed by atoms with E-state index in [1.165, 1.54) is 48.1 Å². The zero-order valence-electron chi connectivity index (χ0n) is 18.5. The number of halogens is 4. The Morgan fingerprint density at radius 1 is 0.903 bits per heavy atom. The van der Waals surface area contributed by atoms with Crippen molar-refractivity contribution in [3.63, 3.8) is 0 Å². The highest BCUT2D eigenvalue weighted by Crippen LogP contribution is 2.31. The third-order valence-corrected chi connectivity index (χ3v) is 6.09. The van der Waals surface area contributed by atoms with Crippen LogP contribution in [0.25, 0.3) is 0 Å². The van der Waals surface area contributed by atoms with Gasteiger partial charge in [0.1, 0.15) is 0 Å². The molecule has 0 radical (unpaired) electrons. The van der Waals surface area contributed by atoms with Crippen LogP contribution in [-0.4, -0.2) is 37.6 Å². The molecule has 0 aliphatic carbocycles. The van der Waals surface area contributed by atoms with Crippen molar-refractivity contribution in [2.24, 2.45) is 0 Å². The van der Waals surface area contributed by atoms with E-state index in [-0.39, 0.29) is 12.4 Å². The van der Waals surface area contributed by atoms with E-state index < -0.39 is 11.7 Å². The monoisotopic (exact) mass is 454 g/mol. The average molecular weight is 455 g/mol. The van der Waals surface area contributed by atoms with E-state index in [9.17, 15) is 13.2 Å². The molecule has 0 N–H and O–H groups in total. The van der Waals surface area contributed by atoms with Crippen molar-refractivity contribution in [3.05, 3.63) is 64.7 Å². The topological polar surface area (TPSA) is 6.48 Å². The molecule has 2 aromatic rings. The number of hydrogen-bond acceptors (Lipinski definition) is 2. The van der Waals surface area contributed by atoms with Crippen LogP contribution in [0.2, 0.25) is 0 Å². The van der Waals surface area contributed by atoms with E-state index >= 15 is 0 Å². The van der Waals surface area contributed by atoms with Gasteiger partial charge in [-0.15, -0.1) is 12.4 Å². The fourth-order valence-corrected chi connectivity index (χ4v) is 4.11. The number of rotatable bonds is 8. The van der Waals surface area contributed by atoms with Crippen LogP contribution in [-0.2, 0) is 19.0 Å². The van der Waals surface area contributed by atoms with Gasteiger partial charge in [-0.1, -0.05) is 44.0 Å². The minimum Gasteiger partial charge on any atom is -0.369 e. The third kappa shape index (κ3) is 7.43. The number of aryl methyl sites for hydroxylation is 2. The molecule has 1 aliphatic heterocycles. The van der Waals surface area contributed by atoms with E-state index in [1.54, 1.807) is 6.07 Å². The van der Waals surface area contributed by atoms with Crippen LogP contribution in [0.1, 0.15) is 48.4 Å². The number of anilines is 1. The third-order valence-electron chi connectivity index (χ3n) is 6.09. The van der Waals surface area contributed by atoms with Gasteiger partial charge in [0.2, 0.25) is 0 Å². The van der Waals surface area contributed by atoms with Gasteiger partial charge in [-0.2, -0.15) is 13.2 Å². The summed E-state index contributed by atoms with van der Waals surface area (Å²) >= 11 is 0. The second kappa shape index (κ2) is 11.8. The van der Waals surface area contributed by atoms with E-state index in [1.807, 2.05) is 0 Å². The van der Waals surface area contributed by atoms with Gasteiger partial charge in [-0.05, 0) is 61.1 Å². The lowest BCUT2D eigenvalue weighted by atomic mass is 9.98. The number of hydrogen-bond donors (Lipinski definition) is 0. The summed E-state index contributed by atoms with van der Waals surface area (Å²) < 4.78 is 38.9. The number of unbranched alkanes of at least 4 members (excludes halogenated alkanes) is 2. The zero-order valence-corrected chi connectivity index (χ0v) is 19.4. The van der Waals surface area contributed by atoms with Crippen molar-refractivity contribution in [2.75, 3.05) is 37.6 Å². The van der Waals surface area contributed by atoms with Crippen LogP contribution in [0.4, 0.5) is 18.9 Å². The van der Waals surface area contributed by atoms with Crippen molar-refractivity contribution in [1.82, 2.24) is 4.90 Å². The fourth-order valence-electron chi connectivity index (χ4n) is 4.11. The maximum absolute atomic E-state index is 13.0. The number of nitrogens with zero attached hydrogens (tertiary/aromatic N) is 2. The molecule has 1 heterocycles. The van der Waals surface area contributed by atoms with Crippen LogP contribution in [0, 0.1) is 6.92 Å². The van der Waals surface area contributed by atoms with Gasteiger partial charge < -0.3 is 4.90 Å². The van der Waals surface area contributed by atoms with Crippen LogP contribution >= 0.6 is 12.4 Å². The summed E-state index contributed by atoms with van der Waals surface area (Å²) in [5.41, 5.74) is 4.32. The highest BCUT2D eigenvalue weighted by atomic mass is 35.5. The van der Waals surface area contributed by atoms with Crippen LogP contribution in [0.5, 0.6) is 0 Å². The van der Waals surface area contributed by atoms with E-state index in [2.05, 4.69) is 41.8 Å². The Morgan fingerprint density at radius 3 is 2.32 bits per heavy atom. The molecule has 0 atom stereocenters. The first-order valence-corrected chi connectivity index (χ1v) is 11.1. The lowest BCUT2D eigenvalue weighted by molar-refractivity contribution is -0.137. The Hall–Kier alpha value is -1.72. The summed E-state index contributed by atoms with van der Waals surface area (Å²) in [6.07, 6.45) is 1.65. The normalized spacial score (nSPS) is 15.1.